The average molecular weight is 356 g/mol. The van der Waals surface area contributed by atoms with Gasteiger partial charge in [0.15, 0.2) is 0 Å². The number of nitrogens with one attached hydrogen (secondary N) is 1. The number of halogens is 1. The monoisotopic (exact) mass is 355 g/mol. The Balaban J connectivity index is 0.00000225. The Hall–Kier alpha value is -2.79. The zero-order valence-corrected chi connectivity index (χ0v) is 15.0. The number of benzene rings is 3. The Morgan fingerprint density at radius 1 is 0.920 bits per heavy atom. The van der Waals surface area contributed by atoms with Crippen LogP contribution in [0.5, 0.6) is 0 Å². The van der Waals surface area contributed by atoms with Crippen molar-refractivity contribution in [2.24, 2.45) is 21.5 Å². The van der Waals surface area contributed by atoms with E-state index in [-0.39, 0.29) is 30.4 Å². The lowest BCUT2D eigenvalue weighted by Crippen LogP contribution is -2.26. The third-order valence-electron chi connectivity index (χ3n) is 3.66. The fourth-order valence-electron chi connectivity index (χ4n) is 2.74. The Bertz CT molecular complexity index is 947. The van der Waals surface area contributed by atoms with Gasteiger partial charge in [0.1, 0.15) is 0 Å². The molecule has 0 aliphatic carbocycles. The number of rotatable bonds is 2. The predicted octanol–water partition coefficient (Wildman–Crippen LogP) is 3.86. The van der Waals surface area contributed by atoms with Crippen molar-refractivity contribution in [3.05, 3.63) is 54.6 Å². The number of nitrogens with two attached hydrogens (primary N) is 2. The molecule has 5 nitrogen and oxygen atoms in total. The minimum Gasteiger partial charge on any atom is -0.369 e. The summed E-state index contributed by atoms with van der Waals surface area (Å²) < 4.78 is 0. The molecule has 0 saturated carbocycles. The first kappa shape index (κ1) is 18.5. The molecule has 0 aliphatic heterocycles. The Labute approximate surface area is 153 Å². The predicted molar refractivity (Wildman–Crippen MR) is 111 cm³/mol. The van der Waals surface area contributed by atoms with Gasteiger partial charge in [0.2, 0.25) is 11.9 Å². The largest absolute Gasteiger partial charge is 0.369 e. The van der Waals surface area contributed by atoms with E-state index in [9.17, 15) is 0 Å². The number of fused-ring (bicyclic) bond motifs is 3. The van der Waals surface area contributed by atoms with Gasteiger partial charge < -0.3 is 16.8 Å². The zero-order chi connectivity index (χ0) is 17.1. The summed E-state index contributed by atoms with van der Waals surface area (Å²) in [5.41, 5.74) is 12.7. The fourth-order valence-corrected chi connectivity index (χ4v) is 2.74. The van der Waals surface area contributed by atoms with Crippen molar-refractivity contribution in [2.45, 2.75) is 19.9 Å². The van der Waals surface area contributed by atoms with E-state index < -0.39 is 0 Å². The molecule has 3 aromatic carbocycles. The molecule has 0 unspecified atom stereocenters. The first-order chi connectivity index (χ1) is 11.5. The van der Waals surface area contributed by atoms with Crippen LogP contribution in [0.2, 0.25) is 0 Å². The van der Waals surface area contributed by atoms with Gasteiger partial charge in [0.05, 0.1) is 0 Å². The van der Waals surface area contributed by atoms with Crippen LogP contribution in [0.15, 0.2) is 64.6 Å². The topological polar surface area (TPSA) is 88.8 Å². The SMILES string of the molecule is CC(C)N=C(N)/N=C(/N)Nc1cc2ccccc2c2ccccc12.Cl. The van der Waals surface area contributed by atoms with Gasteiger partial charge in [-0.3, -0.25) is 0 Å². The molecule has 0 atom stereocenters. The summed E-state index contributed by atoms with van der Waals surface area (Å²) in [5, 5.41) is 7.73. The van der Waals surface area contributed by atoms with Gasteiger partial charge in [0, 0.05) is 17.1 Å². The van der Waals surface area contributed by atoms with Crippen LogP contribution in [0.1, 0.15) is 13.8 Å². The second-order valence-electron chi connectivity index (χ2n) is 5.89. The Kier molecular flexibility index (Phi) is 5.83. The van der Waals surface area contributed by atoms with Crippen LogP contribution in [-0.2, 0) is 0 Å². The van der Waals surface area contributed by atoms with Crippen LogP contribution >= 0.6 is 12.4 Å². The number of hydrogen-bond donors (Lipinski definition) is 3. The molecule has 0 bridgehead atoms. The Morgan fingerprint density at radius 3 is 2.20 bits per heavy atom. The minimum atomic E-state index is 0. The van der Waals surface area contributed by atoms with Crippen LogP contribution in [0.3, 0.4) is 0 Å². The standard InChI is InChI=1S/C19H21N5.ClH/c1-12(2)22-18(20)24-19(21)23-17-11-13-7-3-4-8-14(13)15-9-5-6-10-16(15)17;/h3-12H,1-2H3,(H5,20,21,22,23,24);1H. The first-order valence-corrected chi connectivity index (χ1v) is 7.89. The summed E-state index contributed by atoms with van der Waals surface area (Å²) in [5.74, 6) is 0.387. The molecule has 0 aliphatic rings. The van der Waals surface area contributed by atoms with E-state index in [0.29, 0.717) is 0 Å². The maximum absolute atomic E-state index is 6.00. The van der Waals surface area contributed by atoms with Crippen molar-refractivity contribution < 1.29 is 0 Å². The number of nitrogens with zero attached hydrogens (tertiary/aromatic N) is 2. The molecule has 0 fully saturated rings. The van der Waals surface area contributed by atoms with Crippen molar-refractivity contribution in [1.82, 2.24) is 0 Å². The highest BCUT2D eigenvalue weighted by molar-refractivity contribution is 6.15. The van der Waals surface area contributed by atoms with Gasteiger partial charge in [0.25, 0.3) is 0 Å². The molecular formula is C19H22ClN5. The molecular weight excluding hydrogens is 334 g/mol. The molecule has 0 amide bonds. The van der Waals surface area contributed by atoms with Gasteiger partial charge >= 0.3 is 0 Å². The molecule has 3 aromatic rings. The number of hydrogen-bond acceptors (Lipinski definition) is 1. The van der Waals surface area contributed by atoms with Crippen molar-refractivity contribution in [1.29, 1.82) is 0 Å². The Morgan fingerprint density at radius 2 is 1.52 bits per heavy atom. The van der Waals surface area contributed by atoms with Crippen molar-refractivity contribution >= 4 is 51.6 Å². The molecule has 0 aromatic heterocycles. The number of anilines is 1. The summed E-state index contributed by atoms with van der Waals surface area (Å²) in [7, 11) is 0. The second-order valence-corrected chi connectivity index (χ2v) is 5.89. The first-order valence-electron chi connectivity index (χ1n) is 7.89. The quantitative estimate of drug-likeness (QED) is 0.370. The molecule has 0 saturated heterocycles. The van der Waals surface area contributed by atoms with E-state index in [4.69, 9.17) is 11.5 Å². The lowest BCUT2D eigenvalue weighted by molar-refractivity contribution is 0.831. The lowest BCUT2D eigenvalue weighted by Gasteiger charge is -2.12. The molecule has 5 N–H and O–H groups in total. The van der Waals surface area contributed by atoms with Crippen molar-refractivity contribution in [3.8, 4) is 0 Å². The highest BCUT2D eigenvalue weighted by Crippen LogP contribution is 2.31. The third kappa shape index (κ3) is 4.19. The van der Waals surface area contributed by atoms with E-state index in [2.05, 4.69) is 45.6 Å². The van der Waals surface area contributed by atoms with Gasteiger partial charge in [-0.15, -0.1) is 12.4 Å². The summed E-state index contributed by atoms with van der Waals surface area (Å²) in [6, 6.07) is 18.6. The average Bonchev–Trinajstić information content (AvgIpc) is 2.54. The number of guanidine groups is 2. The molecule has 25 heavy (non-hydrogen) atoms. The lowest BCUT2D eigenvalue weighted by atomic mass is 10.0. The minimum absolute atomic E-state index is 0. The smallest absolute Gasteiger partial charge is 0.218 e. The van der Waals surface area contributed by atoms with Crippen LogP contribution in [-0.4, -0.2) is 18.0 Å². The molecule has 0 radical (unpaired) electrons. The maximum atomic E-state index is 6.00. The molecule has 0 heterocycles. The third-order valence-corrected chi connectivity index (χ3v) is 3.66. The van der Waals surface area contributed by atoms with E-state index >= 15 is 0 Å². The number of aliphatic imine (C=N–C) groups is 2. The van der Waals surface area contributed by atoms with Crippen LogP contribution in [0.25, 0.3) is 21.5 Å². The maximum Gasteiger partial charge on any atom is 0.218 e. The van der Waals surface area contributed by atoms with Gasteiger partial charge in [-0.05, 0) is 36.1 Å². The summed E-state index contributed by atoms with van der Waals surface area (Å²) in [6.45, 7) is 3.87. The van der Waals surface area contributed by atoms with Gasteiger partial charge in [-0.1, -0.05) is 48.5 Å². The highest BCUT2D eigenvalue weighted by Gasteiger charge is 2.07. The molecule has 0 spiro atoms. The summed E-state index contributed by atoms with van der Waals surface area (Å²) in [4.78, 5) is 8.27. The van der Waals surface area contributed by atoms with Crippen LogP contribution in [0, 0.1) is 0 Å². The summed E-state index contributed by atoms with van der Waals surface area (Å²) >= 11 is 0. The van der Waals surface area contributed by atoms with Crippen molar-refractivity contribution in [2.75, 3.05) is 5.32 Å². The second kappa shape index (κ2) is 7.85. The van der Waals surface area contributed by atoms with E-state index in [1.54, 1.807) is 0 Å². The van der Waals surface area contributed by atoms with E-state index in [1.807, 2.05) is 38.1 Å². The molecule has 130 valence electrons. The van der Waals surface area contributed by atoms with E-state index in [1.165, 1.54) is 5.39 Å². The normalized spacial score (nSPS) is 12.4. The van der Waals surface area contributed by atoms with Crippen LogP contribution in [0.4, 0.5) is 5.69 Å². The van der Waals surface area contributed by atoms with Gasteiger partial charge in [-0.2, -0.15) is 4.99 Å². The van der Waals surface area contributed by atoms with Crippen LogP contribution < -0.4 is 16.8 Å². The van der Waals surface area contributed by atoms with E-state index in [0.717, 1.165) is 21.8 Å². The molecule has 6 heteroatoms. The fraction of sp³-hybridized carbons (Fsp3) is 0.158. The molecule has 3 rings (SSSR count). The highest BCUT2D eigenvalue weighted by atomic mass is 35.5. The summed E-state index contributed by atoms with van der Waals surface area (Å²) in [6.07, 6.45) is 0. The van der Waals surface area contributed by atoms with Gasteiger partial charge in [-0.25, -0.2) is 4.99 Å². The van der Waals surface area contributed by atoms with Crippen molar-refractivity contribution in [3.63, 3.8) is 0 Å². The zero-order valence-electron chi connectivity index (χ0n) is 14.2.